The minimum atomic E-state index is 0.750. The van der Waals surface area contributed by atoms with Crippen LogP contribution < -0.4 is 11.5 Å². The molecule has 4 aromatic rings. The van der Waals surface area contributed by atoms with E-state index < -0.39 is 0 Å². The van der Waals surface area contributed by atoms with Crippen LogP contribution in [-0.4, -0.2) is 0 Å². The predicted molar refractivity (Wildman–Crippen MR) is 149 cm³/mol. The van der Waals surface area contributed by atoms with Gasteiger partial charge in [0.2, 0.25) is 0 Å². The zero-order chi connectivity index (χ0) is 23.6. The van der Waals surface area contributed by atoms with Gasteiger partial charge < -0.3 is 11.5 Å². The molecule has 0 aliphatic rings. The van der Waals surface area contributed by atoms with E-state index >= 15 is 0 Å². The molecule has 0 amide bonds. The second kappa shape index (κ2) is 11.3. The average Bonchev–Trinajstić information content (AvgIpc) is 2.88. The first-order valence-corrected chi connectivity index (χ1v) is 11.3. The molecule has 0 unspecified atom stereocenters. The van der Waals surface area contributed by atoms with Gasteiger partial charge in [-0.2, -0.15) is 0 Å². The van der Waals surface area contributed by atoms with E-state index in [2.05, 4.69) is 72.9 Å². The lowest BCUT2D eigenvalue weighted by Gasteiger charge is -2.08. The first-order valence-electron chi connectivity index (χ1n) is 11.3. The Hall–Kier alpha value is -4.56. The summed E-state index contributed by atoms with van der Waals surface area (Å²) >= 11 is 0. The first kappa shape index (κ1) is 22.6. The minimum absolute atomic E-state index is 0.750. The second-order valence-corrected chi connectivity index (χ2v) is 8.02. The van der Waals surface area contributed by atoms with Crippen molar-refractivity contribution in [3.8, 4) is 0 Å². The van der Waals surface area contributed by atoms with E-state index in [-0.39, 0.29) is 0 Å². The summed E-state index contributed by atoms with van der Waals surface area (Å²) in [6.07, 6.45) is 12.9. The highest BCUT2D eigenvalue weighted by Gasteiger charge is 2.03. The summed E-state index contributed by atoms with van der Waals surface area (Å²) in [6, 6.07) is 36.5. The Kier molecular flexibility index (Phi) is 7.55. The van der Waals surface area contributed by atoms with Crippen LogP contribution in [0.1, 0.15) is 22.3 Å². The number of allylic oxidation sites excluding steroid dienone is 4. The molecule has 2 heteroatoms. The van der Waals surface area contributed by atoms with Gasteiger partial charge in [-0.3, -0.25) is 0 Å². The molecular formula is C32H28N2. The zero-order valence-corrected chi connectivity index (χ0v) is 19.0. The van der Waals surface area contributed by atoms with Crippen molar-refractivity contribution in [2.75, 3.05) is 11.5 Å². The lowest BCUT2D eigenvalue weighted by Crippen LogP contribution is -1.88. The molecular weight excluding hydrogens is 412 g/mol. The summed E-state index contributed by atoms with van der Waals surface area (Å²) in [5.41, 5.74) is 19.9. The van der Waals surface area contributed by atoms with Crippen LogP contribution in [0.4, 0.5) is 11.4 Å². The van der Waals surface area contributed by atoms with Crippen molar-refractivity contribution in [3.05, 3.63) is 155 Å². The molecule has 4 rings (SSSR count). The number of nitrogens with two attached hydrogens (primary N) is 2. The lowest BCUT2D eigenvalue weighted by molar-refractivity contribution is 1.56. The van der Waals surface area contributed by atoms with Gasteiger partial charge in [-0.1, -0.05) is 109 Å². The fourth-order valence-electron chi connectivity index (χ4n) is 3.50. The Labute approximate surface area is 201 Å². The molecule has 0 heterocycles. The monoisotopic (exact) mass is 440 g/mol. The van der Waals surface area contributed by atoms with Crippen LogP contribution in [0.15, 0.2) is 132 Å². The van der Waals surface area contributed by atoms with E-state index in [4.69, 9.17) is 11.5 Å². The molecule has 0 aromatic heterocycles. The number of nitrogen functional groups attached to an aromatic ring is 2. The summed E-state index contributed by atoms with van der Waals surface area (Å²) in [6.45, 7) is 0. The van der Waals surface area contributed by atoms with Crippen LogP contribution in [0.5, 0.6) is 0 Å². The fraction of sp³-hybridized carbons (Fsp3) is 0. The predicted octanol–water partition coefficient (Wildman–Crippen LogP) is 7.74. The summed E-state index contributed by atoms with van der Waals surface area (Å²) in [5, 5.41) is 0. The van der Waals surface area contributed by atoms with E-state index in [0.29, 0.717) is 0 Å². The molecule has 4 N–H and O–H groups in total. The fourth-order valence-corrected chi connectivity index (χ4v) is 3.50. The number of hydrogen-bond donors (Lipinski definition) is 2. The van der Waals surface area contributed by atoms with Gasteiger partial charge in [0.05, 0.1) is 0 Å². The van der Waals surface area contributed by atoms with Crippen molar-refractivity contribution >= 4 is 35.7 Å². The summed E-state index contributed by atoms with van der Waals surface area (Å²) < 4.78 is 0. The molecule has 166 valence electrons. The van der Waals surface area contributed by atoms with E-state index in [1.54, 1.807) is 0 Å². The smallest absolute Gasteiger partial charge is 0.0314 e. The van der Waals surface area contributed by atoms with Gasteiger partial charge in [0.1, 0.15) is 0 Å². The SMILES string of the molecule is Nc1ccc(C=CC(=Cc2ccc(N)cc2)C(C=Cc2ccccc2)=Cc2ccccc2)cc1. The highest BCUT2D eigenvalue weighted by Crippen LogP contribution is 2.24. The van der Waals surface area contributed by atoms with Crippen LogP contribution in [-0.2, 0) is 0 Å². The van der Waals surface area contributed by atoms with Crippen molar-refractivity contribution in [2.45, 2.75) is 0 Å². The quantitative estimate of drug-likeness (QED) is 0.228. The lowest BCUT2D eigenvalue weighted by atomic mass is 9.97. The Bertz CT molecular complexity index is 1310. The molecule has 0 radical (unpaired) electrons. The molecule has 0 aliphatic heterocycles. The van der Waals surface area contributed by atoms with Gasteiger partial charge in [0, 0.05) is 11.4 Å². The van der Waals surface area contributed by atoms with Crippen molar-refractivity contribution in [1.29, 1.82) is 0 Å². The van der Waals surface area contributed by atoms with E-state index in [0.717, 1.165) is 44.8 Å². The van der Waals surface area contributed by atoms with Crippen molar-refractivity contribution in [2.24, 2.45) is 0 Å². The molecule has 0 bridgehead atoms. The van der Waals surface area contributed by atoms with Crippen molar-refractivity contribution in [1.82, 2.24) is 0 Å². The number of rotatable bonds is 7. The molecule has 0 saturated heterocycles. The Balaban J connectivity index is 1.80. The Morgan fingerprint density at radius 1 is 0.412 bits per heavy atom. The van der Waals surface area contributed by atoms with Gasteiger partial charge in [-0.15, -0.1) is 0 Å². The molecule has 0 fully saturated rings. The third kappa shape index (κ3) is 6.72. The zero-order valence-electron chi connectivity index (χ0n) is 19.0. The first-order chi connectivity index (χ1) is 16.7. The Morgan fingerprint density at radius 2 is 0.765 bits per heavy atom. The van der Waals surface area contributed by atoms with Crippen LogP contribution in [0.3, 0.4) is 0 Å². The molecule has 0 saturated carbocycles. The topological polar surface area (TPSA) is 52.0 Å². The van der Waals surface area contributed by atoms with Crippen molar-refractivity contribution in [3.63, 3.8) is 0 Å². The molecule has 4 aromatic carbocycles. The number of anilines is 2. The molecule has 0 aliphatic carbocycles. The van der Waals surface area contributed by atoms with E-state index in [9.17, 15) is 0 Å². The third-order valence-corrected chi connectivity index (χ3v) is 5.36. The second-order valence-electron chi connectivity index (χ2n) is 8.02. The van der Waals surface area contributed by atoms with Gasteiger partial charge in [0.25, 0.3) is 0 Å². The maximum Gasteiger partial charge on any atom is 0.0314 e. The summed E-state index contributed by atoms with van der Waals surface area (Å²) in [7, 11) is 0. The molecule has 0 spiro atoms. The maximum absolute atomic E-state index is 5.91. The highest BCUT2D eigenvalue weighted by molar-refractivity contribution is 5.77. The third-order valence-electron chi connectivity index (χ3n) is 5.36. The van der Waals surface area contributed by atoms with Crippen LogP contribution in [0.25, 0.3) is 24.3 Å². The van der Waals surface area contributed by atoms with Crippen LogP contribution in [0.2, 0.25) is 0 Å². The average molecular weight is 441 g/mol. The van der Waals surface area contributed by atoms with Crippen LogP contribution >= 0.6 is 0 Å². The molecule has 0 atom stereocenters. The maximum atomic E-state index is 5.91. The molecule has 2 nitrogen and oxygen atoms in total. The summed E-state index contributed by atoms with van der Waals surface area (Å²) in [5.74, 6) is 0. The standard InChI is InChI=1S/C32H28N2/c33-31-19-13-26(14-20-31)12-18-30(24-28-15-21-32(34)22-16-28)29(23-27-9-5-2-6-10-27)17-11-25-7-3-1-4-8-25/h1-24H,33-34H2. The minimum Gasteiger partial charge on any atom is -0.399 e. The molecule has 34 heavy (non-hydrogen) atoms. The number of hydrogen-bond acceptors (Lipinski definition) is 2. The van der Waals surface area contributed by atoms with Gasteiger partial charge in [0.15, 0.2) is 0 Å². The Morgan fingerprint density at radius 3 is 1.24 bits per heavy atom. The highest BCUT2D eigenvalue weighted by atomic mass is 14.5. The van der Waals surface area contributed by atoms with Gasteiger partial charge in [-0.05, 0) is 69.8 Å². The normalized spacial score (nSPS) is 12.5. The summed E-state index contributed by atoms with van der Waals surface area (Å²) in [4.78, 5) is 0. The van der Waals surface area contributed by atoms with E-state index in [1.165, 1.54) is 0 Å². The largest absolute Gasteiger partial charge is 0.399 e. The van der Waals surface area contributed by atoms with Gasteiger partial charge >= 0.3 is 0 Å². The van der Waals surface area contributed by atoms with E-state index in [1.807, 2.05) is 72.8 Å². The van der Waals surface area contributed by atoms with Crippen molar-refractivity contribution < 1.29 is 0 Å². The van der Waals surface area contributed by atoms with Crippen LogP contribution in [0, 0.1) is 0 Å². The van der Waals surface area contributed by atoms with Gasteiger partial charge in [-0.25, -0.2) is 0 Å². The number of benzene rings is 4.